The molecule has 0 saturated carbocycles. The highest BCUT2D eigenvalue weighted by Gasteiger charge is 2.43. The molecule has 38 heavy (non-hydrogen) atoms. The van der Waals surface area contributed by atoms with Crippen LogP contribution in [0, 0.1) is 6.92 Å². The summed E-state index contributed by atoms with van der Waals surface area (Å²) in [6.07, 6.45) is 2.07. The second kappa shape index (κ2) is 10.6. The number of methoxy groups -OCH3 is 1. The molecule has 1 aliphatic carbocycles. The Labute approximate surface area is 225 Å². The third-order valence-corrected chi connectivity index (χ3v) is 7.52. The molecule has 0 amide bonds. The molecule has 8 heteroatoms. The Kier molecular flexibility index (Phi) is 7.23. The number of rotatable bonds is 6. The van der Waals surface area contributed by atoms with Crippen LogP contribution in [-0.4, -0.2) is 32.1 Å². The van der Waals surface area contributed by atoms with Crippen LogP contribution in [0.3, 0.4) is 0 Å². The van der Waals surface area contributed by atoms with Crippen molar-refractivity contribution in [2.45, 2.75) is 38.5 Å². The predicted molar refractivity (Wildman–Crippen MR) is 144 cm³/mol. The zero-order valence-corrected chi connectivity index (χ0v) is 22.2. The van der Waals surface area contributed by atoms with Gasteiger partial charge >= 0.3 is 5.97 Å². The first-order valence-electron chi connectivity index (χ1n) is 12.5. The summed E-state index contributed by atoms with van der Waals surface area (Å²) in [5.74, 6) is -1.84. The highest BCUT2D eigenvalue weighted by Crippen LogP contribution is 2.46. The molecule has 2 atom stereocenters. The summed E-state index contributed by atoms with van der Waals surface area (Å²) >= 11 is 6.47. The van der Waals surface area contributed by atoms with Crippen LogP contribution >= 0.6 is 11.6 Å². The lowest BCUT2D eigenvalue weighted by Crippen LogP contribution is -2.37. The SMILES string of the molecule is COCCOC(=O)C1=C(C)NC2=C(C(=O)C[C@@H](c3ccccc3Cl)C2)[C@@H]1c1coc2ccc(C)cc2c1=O. The van der Waals surface area contributed by atoms with E-state index >= 15 is 0 Å². The highest BCUT2D eigenvalue weighted by molar-refractivity contribution is 6.31. The number of carbonyl (C=O) groups is 2. The first-order valence-corrected chi connectivity index (χ1v) is 12.8. The summed E-state index contributed by atoms with van der Waals surface area (Å²) in [5.41, 5.74) is 3.95. The van der Waals surface area contributed by atoms with Crippen molar-refractivity contribution in [2.75, 3.05) is 20.3 Å². The van der Waals surface area contributed by atoms with E-state index in [1.54, 1.807) is 19.1 Å². The average molecular weight is 534 g/mol. The molecule has 0 radical (unpaired) electrons. The lowest BCUT2D eigenvalue weighted by molar-refractivity contribution is -0.140. The monoisotopic (exact) mass is 533 g/mol. The predicted octanol–water partition coefficient (Wildman–Crippen LogP) is 5.31. The molecule has 1 aliphatic heterocycles. The fraction of sp³-hybridized carbons (Fsp3) is 0.300. The van der Waals surface area contributed by atoms with E-state index < -0.39 is 11.9 Å². The first-order chi connectivity index (χ1) is 18.3. The van der Waals surface area contributed by atoms with Crippen LogP contribution in [0.2, 0.25) is 5.02 Å². The molecule has 2 aromatic carbocycles. The third-order valence-electron chi connectivity index (χ3n) is 7.18. The van der Waals surface area contributed by atoms with Gasteiger partial charge in [0, 0.05) is 41.1 Å². The number of halogens is 1. The summed E-state index contributed by atoms with van der Waals surface area (Å²) in [6, 6.07) is 12.8. The number of fused-ring (bicyclic) bond motifs is 1. The van der Waals surface area contributed by atoms with E-state index in [1.807, 2.05) is 37.3 Å². The fourth-order valence-corrected chi connectivity index (χ4v) is 5.69. The molecule has 1 N–H and O–H groups in total. The summed E-state index contributed by atoms with van der Waals surface area (Å²) in [7, 11) is 1.51. The summed E-state index contributed by atoms with van der Waals surface area (Å²) in [6.45, 7) is 3.90. The van der Waals surface area contributed by atoms with Gasteiger partial charge in [-0.3, -0.25) is 9.59 Å². The smallest absolute Gasteiger partial charge is 0.336 e. The van der Waals surface area contributed by atoms with Crippen molar-refractivity contribution in [1.29, 1.82) is 0 Å². The van der Waals surface area contributed by atoms with Crippen molar-refractivity contribution in [3.63, 3.8) is 0 Å². The first kappa shape index (κ1) is 25.9. The van der Waals surface area contributed by atoms with Crippen molar-refractivity contribution < 1.29 is 23.5 Å². The number of dihydropyridines is 1. The van der Waals surface area contributed by atoms with Gasteiger partial charge in [0.05, 0.1) is 29.7 Å². The van der Waals surface area contributed by atoms with Crippen molar-refractivity contribution in [1.82, 2.24) is 5.32 Å². The Hall–Kier alpha value is -3.68. The molecular formula is C30H28ClNO6. The van der Waals surface area contributed by atoms with Gasteiger partial charge in [-0.05, 0) is 49.9 Å². The number of Topliss-reactive ketones (excluding diaryl/α,β-unsaturated/α-hetero) is 1. The molecule has 0 fully saturated rings. The van der Waals surface area contributed by atoms with Gasteiger partial charge in [0.2, 0.25) is 0 Å². The molecule has 3 aromatic rings. The number of hydrogen-bond acceptors (Lipinski definition) is 7. The maximum Gasteiger partial charge on any atom is 0.336 e. The number of benzene rings is 2. The maximum atomic E-state index is 13.8. The molecule has 0 spiro atoms. The summed E-state index contributed by atoms with van der Waals surface area (Å²) < 4.78 is 16.3. The maximum absolute atomic E-state index is 13.8. The van der Waals surface area contributed by atoms with Crippen molar-refractivity contribution >= 4 is 34.3 Å². The van der Waals surface area contributed by atoms with E-state index in [-0.39, 0.29) is 47.9 Å². The number of ketones is 1. The highest BCUT2D eigenvalue weighted by atomic mass is 35.5. The van der Waals surface area contributed by atoms with Gasteiger partial charge < -0.3 is 19.2 Å². The fourth-order valence-electron chi connectivity index (χ4n) is 5.40. The molecule has 196 valence electrons. The van der Waals surface area contributed by atoms with Crippen LogP contribution in [-0.2, 0) is 19.1 Å². The Balaban J connectivity index is 1.66. The van der Waals surface area contributed by atoms with E-state index in [0.29, 0.717) is 39.4 Å². The van der Waals surface area contributed by atoms with Crippen LogP contribution in [0.1, 0.15) is 48.3 Å². The zero-order valence-electron chi connectivity index (χ0n) is 21.4. The molecule has 5 rings (SSSR count). The second-order valence-corrected chi connectivity index (χ2v) is 10.1. The number of allylic oxidation sites excluding steroid dienone is 3. The number of esters is 1. The number of nitrogens with one attached hydrogen (secondary N) is 1. The van der Waals surface area contributed by atoms with Crippen LogP contribution in [0.15, 0.2) is 80.5 Å². The minimum absolute atomic E-state index is 0.0405. The summed E-state index contributed by atoms with van der Waals surface area (Å²) in [4.78, 5) is 41.0. The molecule has 0 bridgehead atoms. The molecule has 7 nitrogen and oxygen atoms in total. The zero-order chi connectivity index (χ0) is 27.0. The molecule has 2 heterocycles. The van der Waals surface area contributed by atoms with Gasteiger partial charge in [-0.25, -0.2) is 4.79 Å². The van der Waals surface area contributed by atoms with Gasteiger partial charge in [-0.2, -0.15) is 0 Å². The van der Waals surface area contributed by atoms with E-state index in [4.69, 9.17) is 25.5 Å². The van der Waals surface area contributed by atoms with E-state index in [1.165, 1.54) is 13.4 Å². The number of ether oxygens (including phenoxy) is 2. The Morgan fingerprint density at radius 1 is 1.08 bits per heavy atom. The van der Waals surface area contributed by atoms with Crippen molar-refractivity contribution in [2.24, 2.45) is 0 Å². The Morgan fingerprint density at radius 2 is 1.87 bits per heavy atom. The second-order valence-electron chi connectivity index (χ2n) is 9.69. The van der Waals surface area contributed by atoms with E-state index in [9.17, 15) is 14.4 Å². The lowest BCUT2D eigenvalue weighted by Gasteiger charge is -2.36. The number of aryl methyl sites for hydroxylation is 1. The molecule has 0 saturated heterocycles. The van der Waals surface area contributed by atoms with Gasteiger partial charge in [0.1, 0.15) is 12.2 Å². The minimum Gasteiger partial charge on any atom is -0.464 e. The van der Waals surface area contributed by atoms with Crippen LogP contribution in [0.5, 0.6) is 0 Å². The van der Waals surface area contributed by atoms with Gasteiger partial charge in [0.25, 0.3) is 0 Å². The van der Waals surface area contributed by atoms with Crippen LogP contribution < -0.4 is 10.7 Å². The molecule has 2 aliphatic rings. The third kappa shape index (κ3) is 4.68. The van der Waals surface area contributed by atoms with Gasteiger partial charge in [0.15, 0.2) is 11.2 Å². The quantitative estimate of drug-likeness (QED) is 0.339. The van der Waals surface area contributed by atoms with E-state index in [0.717, 1.165) is 11.1 Å². The topological polar surface area (TPSA) is 94.8 Å². The minimum atomic E-state index is -0.929. The van der Waals surface area contributed by atoms with Crippen molar-refractivity contribution in [3.05, 3.63) is 103 Å². The van der Waals surface area contributed by atoms with Crippen molar-refractivity contribution in [3.8, 4) is 0 Å². The standard InChI is InChI=1S/C30H28ClNO6/c1-16-8-9-25-20(12-16)29(34)21(15-38-25)27-26(30(35)37-11-10-36-3)17(2)32-23-13-18(14-24(33)28(23)27)19-6-4-5-7-22(19)31/h4-9,12,15,18,27,32H,10-11,13-14H2,1-3H3/t18-,27+/m0/s1. The molecule has 0 unspecified atom stereocenters. The van der Waals surface area contributed by atoms with Gasteiger partial charge in [-0.15, -0.1) is 0 Å². The van der Waals surface area contributed by atoms with E-state index in [2.05, 4.69) is 5.32 Å². The lowest BCUT2D eigenvalue weighted by atomic mass is 9.72. The Bertz CT molecular complexity index is 1570. The largest absolute Gasteiger partial charge is 0.464 e. The Morgan fingerprint density at radius 3 is 2.63 bits per heavy atom. The summed E-state index contributed by atoms with van der Waals surface area (Å²) in [5, 5.41) is 4.28. The van der Waals surface area contributed by atoms with Crippen LogP contribution in [0.4, 0.5) is 0 Å². The number of carbonyl (C=O) groups excluding carboxylic acids is 2. The van der Waals surface area contributed by atoms with Crippen LogP contribution in [0.25, 0.3) is 11.0 Å². The average Bonchev–Trinajstić information content (AvgIpc) is 2.89. The molecular weight excluding hydrogens is 506 g/mol. The normalized spacial score (nSPS) is 19.4. The van der Waals surface area contributed by atoms with Gasteiger partial charge in [-0.1, -0.05) is 41.4 Å². The molecule has 1 aromatic heterocycles. The number of hydrogen-bond donors (Lipinski definition) is 1.